The summed E-state index contributed by atoms with van der Waals surface area (Å²) in [7, 11) is 0. The standard InChI is InChI=1S/C10H6F2N2/c11-10(12)7-3-1-2-6(7)4-9-8(10)5-13-14-9/h1-5H,(H,13,14). The van der Waals surface area contributed by atoms with Crippen molar-refractivity contribution in [2.45, 2.75) is 5.92 Å². The number of alkyl halides is 2. The van der Waals surface area contributed by atoms with Gasteiger partial charge in [-0.3, -0.25) is 5.10 Å². The molecular formula is C10H6F2N2. The minimum atomic E-state index is -2.92. The van der Waals surface area contributed by atoms with Crippen molar-refractivity contribution in [1.82, 2.24) is 10.2 Å². The SMILES string of the molecule is FC1(F)C2=CC=CC2=Cc2[nH]ncc21. The lowest BCUT2D eigenvalue weighted by Crippen LogP contribution is -2.20. The molecule has 0 aliphatic heterocycles. The Morgan fingerprint density at radius 2 is 2.21 bits per heavy atom. The van der Waals surface area contributed by atoms with Crippen LogP contribution in [-0.2, 0) is 5.92 Å². The molecule has 0 saturated heterocycles. The van der Waals surface area contributed by atoms with Crippen molar-refractivity contribution in [3.63, 3.8) is 0 Å². The first kappa shape index (κ1) is 7.67. The van der Waals surface area contributed by atoms with Crippen molar-refractivity contribution in [3.8, 4) is 0 Å². The topological polar surface area (TPSA) is 28.7 Å². The van der Waals surface area contributed by atoms with E-state index in [-0.39, 0.29) is 11.1 Å². The Hall–Kier alpha value is -1.71. The quantitative estimate of drug-likeness (QED) is 0.671. The summed E-state index contributed by atoms with van der Waals surface area (Å²) in [5.74, 6) is -2.92. The number of aromatic nitrogens is 2. The van der Waals surface area contributed by atoms with Gasteiger partial charge in [0.15, 0.2) is 0 Å². The Balaban J connectivity index is 2.32. The zero-order valence-corrected chi connectivity index (χ0v) is 7.09. The number of fused-ring (bicyclic) bond motifs is 2. The minimum Gasteiger partial charge on any atom is -0.278 e. The van der Waals surface area contributed by atoms with Gasteiger partial charge in [-0.1, -0.05) is 18.2 Å². The van der Waals surface area contributed by atoms with Crippen LogP contribution in [-0.4, -0.2) is 10.2 Å². The molecule has 0 atom stereocenters. The van der Waals surface area contributed by atoms with E-state index in [2.05, 4.69) is 10.2 Å². The maximum atomic E-state index is 13.8. The Kier molecular flexibility index (Phi) is 1.21. The van der Waals surface area contributed by atoms with E-state index in [1.165, 1.54) is 12.3 Å². The fourth-order valence-electron chi connectivity index (χ4n) is 1.80. The highest BCUT2D eigenvalue weighted by Crippen LogP contribution is 2.46. The molecule has 2 aliphatic carbocycles. The van der Waals surface area contributed by atoms with Crippen LogP contribution in [0.25, 0.3) is 6.08 Å². The lowest BCUT2D eigenvalue weighted by molar-refractivity contribution is 0.0401. The molecule has 0 amide bonds. The maximum Gasteiger partial charge on any atom is 0.302 e. The molecular weight excluding hydrogens is 186 g/mol. The van der Waals surface area contributed by atoms with E-state index in [9.17, 15) is 8.78 Å². The molecule has 0 fully saturated rings. The summed E-state index contributed by atoms with van der Waals surface area (Å²) in [6.45, 7) is 0. The molecule has 14 heavy (non-hydrogen) atoms. The highest BCUT2D eigenvalue weighted by atomic mass is 19.3. The molecule has 0 aromatic carbocycles. The molecule has 0 unspecified atom stereocenters. The van der Waals surface area contributed by atoms with Crippen LogP contribution in [0.4, 0.5) is 8.78 Å². The van der Waals surface area contributed by atoms with Gasteiger partial charge in [0.1, 0.15) is 0 Å². The van der Waals surface area contributed by atoms with Gasteiger partial charge in [-0.25, -0.2) is 0 Å². The second-order valence-electron chi connectivity index (χ2n) is 3.31. The maximum absolute atomic E-state index is 13.8. The summed E-state index contributed by atoms with van der Waals surface area (Å²) >= 11 is 0. The van der Waals surface area contributed by atoms with Crippen molar-refractivity contribution in [2.24, 2.45) is 0 Å². The number of nitrogens with zero attached hydrogens (tertiary/aromatic N) is 1. The van der Waals surface area contributed by atoms with Crippen LogP contribution in [0.15, 0.2) is 35.6 Å². The first-order valence-electron chi connectivity index (χ1n) is 4.22. The van der Waals surface area contributed by atoms with Gasteiger partial charge >= 0.3 is 5.92 Å². The van der Waals surface area contributed by atoms with Crippen molar-refractivity contribution >= 4 is 6.08 Å². The zero-order valence-electron chi connectivity index (χ0n) is 7.09. The molecule has 0 radical (unpaired) electrons. The molecule has 0 saturated carbocycles. The Bertz CT molecular complexity index is 492. The fourth-order valence-corrected chi connectivity index (χ4v) is 1.80. The van der Waals surface area contributed by atoms with Crippen LogP contribution in [0.5, 0.6) is 0 Å². The molecule has 3 rings (SSSR count). The van der Waals surface area contributed by atoms with Gasteiger partial charge < -0.3 is 0 Å². The summed E-state index contributed by atoms with van der Waals surface area (Å²) in [6, 6.07) is 0. The van der Waals surface area contributed by atoms with Gasteiger partial charge in [-0.05, 0) is 11.6 Å². The number of rotatable bonds is 0. The number of nitrogens with one attached hydrogen (secondary N) is 1. The van der Waals surface area contributed by atoms with Crippen molar-refractivity contribution in [2.75, 3.05) is 0 Å². The van der Waals surface area contributed by atoms with Crippen LogP contribution in [0, 0.1) is 0 Å². The van der Waals surface area contributed by atoms with Crippen LogP contribution >= 0.6 is 0 Å². The van der Waals surface area contributed by atoms with Gasteiger partial charge in [-0.2, -0.15) is 13.9 Å². The normalized spacial score (nSPS) is 21.3. The lowest BCUT2D eigenvalue weighted by atomic mass is 9.90. The largest absolute Gasteiger partial charge is 0.302 e. The summed E-state index contributed by atoms with van der Waals surface area (Å²) in [5, 5.41) is 6.18. The van der Waals surface area contributed by atoms with Gasteiger partial charge in [0.05, 0.1) is 17.5 Å². The Labute approximate surface area is 78.6 Å². The van der Waals surface area contributed by atoms with Gasteiger partial charge in [0, 0.05) is 5.57 Å². The number of halogens is 2. The summed E-state index contributed by atoms with van der Waals surface area (Å²) in [4.78, 5) is 0. The lowest BCUT2D eigenvalue weighted by Gasteiger charge is -2.22. The molecule has 1 aromatic heterocycles. The number of H-pyrrole nitrogens is 1. The van der Waals surface area contributed by atoms with Gasteiger partial charge in [0.2, 0.25) is 0 Å². The molecule has 70 valence electrons. The fraction of sp³-hybridized carbons (Fsp3) is 0.100. The summed E-state index contributed by atoms with van der Waals surface area (Å²) in [5.41, 5.74) is 0.975. The first-order valence-corrected chi connectivity index (χ1v) is 4.22. The second-order valence-corrected chi connectivity index (χ2v) is 3.31. The molecule has 1 N–H and O–H groups in total. The van der Waals surface area contributed by atoms with Gasteiger partial charge in [0.25, 0.3) is 0 Å². The van der Waals surface area contributed by atoms with Crippen LogP contribution < -0.4 is 0 Å². The zero-order chi connectivity index (χ0) is 9.76. The van der Waals surface area contributed by atoms with E-state index < -0.39 is 5.92 Å². The number of allylic oxidation sites excluding steroid dienone is 5. The molecule has 0 spiro atoms. The molecule has 1 aromatic rings. The van der Waals surface area contributed by atoms with E-state index in [1.54, 1.807) is 18.2 Å². The molecule has 1 heterocycles. The monoisotopic (exact) mass is 192 g/mol. The average molecular weight is 192 g/mol. The number of aromatic amines is 1. The van der Waals surface area contributed by atoms with E-state index >= 15 is 0 Å². The van der Waals surface area contributed by atoms with Crippen LogP contribution in [0.2, 0.25) is 0 Å². The van der Waals surface area contributed by atoms with Crippen LogP contribution in [0.1, 0.15) is 11.3 Å². The van der Waals surface area contributed by atoms with E-state index in [4.69, 9.17) is 0 Å². The predicted molar refractivity (Wildman–Crippen MR) is 47.7 cm³/mol. The van der Waals surface area contributed by atoms with Crippen molar-refractivity contribution < 1.29 is 8.78 Å². The second kappa shape index (κ2) is 2.20. The highest BCUT2D eigenvalue weighted by Gasteiger charge is 2.43. The third-order valence-corrected chi connectivity index (χ3v) is 2.49. The van der Waals surface area contributed by atoms with Crippen molar-refractivity contribution in [3.05, 3.63) is 46.8 Å². The van der Waals surface area contributed by atoms with Gasteiger partial charge in [-0.15, -0.1) is 0 Å². The molecule has 2 aliphatic rings. The summed E-state index contributed by atoms with van der Waals surface area (Å²) < 4.78 is 27.6. The van der Waals surface area contributed by atoms with Crippen LogP contribution in [0.3, 0.4) is 0 Å². The van der Waals surface area contributed by atoms with E-state index in [0.29, 0.717) is 11.3 Å². The van der Waals surface area contributed by atoms with Crippen molar-refractivity contribution in [1.29, 1.82) is 0 Å². The minimum absolute atomic E-state index is 0.0452. The predicted octanol–water partition coefficient (Wildman–Crippen LogP) is 2.39. The third kappa shape index (κ3) is 0.755. The molecule has 0 bridgehead atoms. The third-order valence-electron chi connectivity index (χ3n) is 2.49. The Morgan fingerprint density at radius 3 is 3.07 bits per heavy atom. The summed E-state index contributed by atoms with van der Waals surface area (Å²) in [6.07, 6.45) is 7.63. The average Bonchev–Trinajstić information content (AvgIpc) is 2.71. The highest BCUT2D eigenvalue weighted by molar-refractivity contribution is 5.72. The molecule has 4 heteroatoms. The first-order chi connectivity index (χ1) is 6.69. The Morgan fingerprint density at radius 1 is 1.36 bits per heavy atom. The number of hydrogen-bond acceptors (Lipinski definition) is 1. The molecule has 2 nitrogen and oxygen atoms in total. The van der Waals surface area contributed by atoms with E-state index in [1.807, 2.05) is 0 Å². The van der Waals surface area contributed by atoms with E-state index in [0.717, 1.165) is 0 Å². The number of hydrogen-bond donors (Lipinski definition) is 1. The smallest absolute Gasteiger partial charge is 0.278 e.